The van der Waals surface area contributed by atoms with Crippen LogP contribution in [-0.2, 0) is 5.41 Å². The molecule has 2 N–H and O–H groups in total. The van der Waals surface area contributed by atoms with E-state index in [1.807, 2.05) is 13.8 Å². The molecule has 2 nitrogen and oxygen atoms in total. The Morgan fingerprint density at radius 3 is 2.12 bits per heavy atom. The number of aryl methyl sites for hydroxylation is 2. The summed E-state index contributed by atoms with van der Waals surface area (Å²) in [6.45, 7) is 8.40. The van der Waals surface area contributed by atoms with Crippen LogP contribution in [0.15, 0.2) is 24.3 Å². The first kappa shape index (κ1) is 20.4. The zero-order valence-corrected chi connectivity index (χ0v) is 15.6. The van der Waals surface area contributed by atoms with Crippen LogP contribution in [-0.4, -0.2) is 17.7 Å². The van der Waals surface area contributed by atoms with E-state index in [0.717, 1.165) is 11.1 Å². The molecule has 0 aliphatic rings. The van der Waals surface area contributed by atoms with E-state index < -0.39 is 29.9 Å². The van der Waals surface area contributed by atoms with E-state index >= 15 is 4.39 Å². The standard InChI is InChI=1S/C20H24F4N2/c1-11-6-7-13(8-12(11)2)18-17(21)14(19(3,4)5)9-16(26-18)15(10-25)20(22,23)24/h6-9,15H,10,25H2,1-5H3. The molecule has 1 aromatic heterocycles. The Morgan fingerprint density at radius 1 is 1.04 bits per heavy atom. The van der Waals surface area contributed by atoms with Crippen LogP contribution in [0.5, 0.6) is 0 Å². The van der Waals surface area contributed by atoms with Crippen molar-refractivity contribution in [2.24, 2.45) is 5.73 Å². The van der Waals surface area contributed by atoms with Crippen molar-refractivity contribution >= 4 is 0 Å². The Kier molecular flexibility index (Phi) is 5.47. The molecule has 0 saturated heterocycles. The summed E-state index contributed by atoms with van der Waals surface area (Å²) in [6, 6.07) is 6.42. The van der Waals surface area contributed by atoms with E-state index in [1.54, 1.807) is 39.0 Å². The summed E-state index contributed by atoms with van der Waals surface area (Å²) in [7, 11) is 0. The highest BCUT2D eigenvalue weighted by Gasteiger charge is 2.41. The fourth-order valence-electron chi connectivity index (χ4n) is 2.78. The number of alkyl halides is 3. The minimum atomic E-state index is -4.55. The molecule has 0 amide bonds. The third kappa shape index (κ3) is 4.06. The fourth-order valence-corrected chi connectivity index (χ4v) is 2.78. The van der Waals surface area contributed by atoms with Gasteiger partial charge in [0.1, 0.15) is 11.6 Å². The minimum absolute atomic E-state index is 0.0711. The molecule has 142 valence electrons. The van der Waals surface area contributed by atoms with Gasteiger partial charge in [-0.1, -0.05) is 32.9 Å². The van der Waals surface area contributed by atoms with Gasteiger partial charge in [-0.15, -0.1) is 0 Å². The number of pyridine rings is 1. The zero-order chi connectivity index (χ0) is 19.9. The van der Waals surface area contributed by atoms with Crippen molar-refractivity contribution in [3.05, 3.63) is 52.5 Å². The van der Waals surface area contributed by atoms with Crippen LogP contribution in [0.4, 0.5) is 17.6 Å². The summed E-state index contributed by atoms with van der Waals surface area (Å²) in [6.07, 6.45) is -4.55. The molecule has 0 bridgehead atoms. The van der Waals surface area contributed by atoms with Gasteiger partial charge in [0, 0.05) is 12.1 Å². The maximum Gasteiger partial charge on any atom is 0.398 e. The monoisotopic (exact) mass is 368 g/mol. The van der Waals surface area contributed by atoms with Crippen molar-refractivity contribution in [1.29, 1.82) is 0 Å². The molecule has 0 spiro atoms. The molecular formula is C20H24F4N2. The Bertz CT molecular complexity index is 805. The lowest BCUT2D eigenvalue weighted by Gasteiger charge is -2.25. The quantitative estimate of drug-likeness (QED) is 0.736. The van der Waals surface area contributed by atoms with Gasteiger partial charge in [0.05, 0.1) is 5.69 Å². The van der Waals surface area contributed by atoms with Gasteiger partial charge < -0.3 is 5.73 Å². The van der Waals surface area contributed by atoms with Crippen LogP contribution in [0, 0.1) is 19.7 Å². The van der Waals surface area contributed by atoms with E-state index in [-0.39, 0.29) is 17.0 Å². The topological polar surface area (TPSA) is 38.9 Å². The van der Waals surface area contributed by atoms with Gasteiger partial charge in [-0.05, 0) is 48.1 Å². The number of nitrogens with two attached hydrogens (primary N) is 1. The molecule has 0 aliphatic heterocycles. The second kappa shape index (κ2) is 6.99. The number of benzene rings is 1. The predicted molar refractivity (Wildman–Crippen MR) is 95.7 cm³/mol. The number of rotatable bonds is 3. The van der Waals surface area contributed by atoms with Crippen LogP contribution in [0.1, 0.15) is 49.1 Å². The van der Waals surface area contributed by atoms with Crippen molar-refractivity contribution in [3.8, 4) is 11.3 Å². The number of hydrogen-bond acceptors (Lipinski definition) is 2. The van der Waals surface area contributed by atoms with Crippen molar-refractivity contribution in [3.63, 3.8) is 0 Å². The van der Waals surface area contributed by atoms with Crippen LogP contribution >= 0.6 is 0 Å². The number of halogens is 4. The average molecular weight is 368 g/mol. The van der Waals surface area contributed by atoms with E-state index in [0.29, 0.717) is 5.56 Å². The first-order valence-electron chi connectivity index (χ1n) is 8.41. The van der Waals surface area contributed by atoms with Gasteiger partial charge in [0.15, 0.2) is 5.82 Å². The highest BCUT2D eigenvalue weighted by Crippen LogP contribution is 2.38. The van der Waals surface area contributed by atoms with Crippen molar-refractivity contribution < 1.29 is 17.6 Å². The first-order valence-corrected chi connectivity index (χ1v) is 8.41. The molecule has 26 heavy (non-hydrogen) atoms. The molecule has 6 heteroatoms. The molecule has 0 saturated carbocycles. The first-order chi connectivity index (χ1) is 11.9. The third-order valence-corrected chi connectivity index (χ3v) is 4.55. The molecule has 0 fully saturated rings. The molecule has 1 atom stereocenters. The SMILES string of the molecule is Cc1ccc(-c2nc(C(CN)C(F)(F)F)cc(C(C)(C)C)c2F)cc1C. The van der Waals surface area contributed by atoms with Gasteiger partial charge in [-0.3, -0.25) is 0 Å². The summed E-state index contributed by atoms with van der Waals surface area (Å²) in [4.78, 5) is 4.05. The maximum absolute atomic E-state index is 15.2. The Balaban J connectivity index is 2.78. The van der Waals surface area contributed by atoms with Crippen LogP contribution < -0.4 is 5.73 Å². The Hall–Kier alpha value is -1.95. The second-order valence-electron chi connectivity index (χ2n) is 7.64. The number of aromatic nitrogens is 1. The smallest absolute Gasteiger partial charge is 0.329 e. The molecule has 2 rings (SSSR count). The van der Waals surface area contributed by atoms with E-state index in [9.17, 15) is 13.2 Å². The van der Waals surface area contributed by atoms with Crippen molar-refractivity contribution in [1.82, 2.24) is 4.98 Å². The highest BCUT2D eigenvalue weighted by atomic mass is 19.4. The van der Waals surface area contributed by atoms with Crippen LogP contribution in [0.25, 0.3) is 11.3 Å². The lowest BCUT2D eigenvalue weighted by Crippen LogP contribution is -2.30. The lowest BCUT2D eigenvalue weighted by molar-refractivity contribution is -0.148. The molecule has 0 aliphatic carbocycles. The summed E-state index contributed by atoms with van der Waals surface area (Å²) >= 11 is 0. The number of hydrogen-bond donors (Lipinski definition) is 1. The van der Waals surface area contributed by atoms with Gasteiger partial charge >= 0.3 is 6.18 Å². The van der Waals surface area contributed by atoms with Crippen molar-refractivity contribution in [2.45, 2.75) is 52.1 Å². The van der Waals surface area contributed by atoms with Crippen LogP contribution in [0.3, 0.4) is 0 Å². The summed E-state index contributed by atoms with van der Waals surface area (Å²) < 4.78 is 55.3. The fraction of sp³-hybridized carbons (Fsp3) is 0.450. The average Bonchev–Trinajstić information content (AvgIpc) is 2.49. The predicted octanol–water partition coefficient (Wildman–Crippen LogP) is 5.41. The zero-order valence-electron chi connectivity index (χ0n) is 15.6. The van der Waals surface area contributed by atoms with Gasteiger partial charge in [0.2, 0.25) is 0 Å². The lowest BCUT2D eigenvalue weighted by atomic mass is 9.84. The van der Waals surface area contributed by atoms with E-state index in [4.69, 9.17) is 5.73 Å². The Morgan fingerprint density at radius 2 is 1.65 bits per heavy atom. The van der Waals surface area contributed by atoms with Gasteiger partial charge in [-0.2, -0.15) is 13.2 Å². The largest absolute Gasteiger partial charge is 0.398 e. The van der Waals surface area contributed by atoms with Gasteiger partial charge in [0.25, 0.3) is 0 Å². The second-order valence-corrected chi connectivity index (χ2v) is 7.64. The van der Waals surface area contributed by atoms with Crippen LogP contribution in [0.2, 0.25) is 0 Å². The van der Waals surface area contributed by atoms with E-state index in [2.05, 4.69) is 4.98 Å². The normalized spacial score (nSPS) is 13.8. The molecule has 1 aromatic carbocycles. The molecule has 1 heterocycles. The van der Waals surface area contributed by atoms with Crippen molar-refractivity contribution in [2.75, 3.05) is 6.54 Å². The number of nitrogens with zero attached hydrogens (tertiary/aromatic N) is 1. The minimum Gasteiger partial charge on any atom is -0.329 e. The van der Waals surface area contributed by atoms with Gasteiger partial charge in [-0.25, -0.2) is 9.37 Å². The molecule has 0 radical (unpaired) electrons. The summed E-state index contributed by atoms with van der Waals surface area (Å²) in [5, 5.41) is 0. The third-order valence-electron chi connectivity index (χ3n) is 4.55. The maximum atomic E-state index is 15.2. The molecular weight excluding hydrogens is 344 g/mol. The van der Waals surface area contributed by atoms with E-state index in [1.165, 1.54) is 6.07 Å². The summed E-state index contributed by atoms with van der Waals surface area (Å²) in [5.74, 6) is -2.53. The summed E-state index contributed by atoms with van der Waals surface area (Å²) in [5.41, 5.74) is 6.94. The Labute approximate surface area is 151 Å². The highest BCUT2D eigenvalue weighted by molar-refractivity contribution is 5.63. The molecule has 1 unspecified atom stereocenters. The molecule has 2 aromatic rings.